The van der Waals surface area contributed by atoms with E-state index in [1.54, 1.807) is 0 Å². The molecule has 0 N–H and O–H groups in total. The van der Waals surface area contributed by atoms with Crippen molar-refractivity contribution in [3.63, 3.8) is 0 Å². The minimum atomic E-state index is -0.824. The number of ether oxygens (including phenoxy) is 3. The average Bonchev–Trinajstić information content (AvgIpc) is 3.44. The summed E-state index contributed by atoms with van der Waals surface area (Å²) in [4.78, 5) is 14.0. The minimum absolute atomic E-state index is 0.389. The third kappa shape index (κ3) is 5.71. The van der Waals surface area contributed by atoms with Gasteiger partial charge in [-0.3, -0.25) is 4.98 Å². The monoisotopic (exact) mass is 646 g/mol. The van der Waals surface area contributed by atoms with Crippen molar-refractivity contribution in [2.24, 2.45) is 0 Å². The molecule has 7 heteroatoms. The molecule has 2 aliphatic heterocycles. The number of para-hydroxylation sites is 4. The van der Waals surface area contributed by atoms with Crippen LogP contribution in [0.25, 0.3) is 11.3 Å². The van der Waals surface area contributed by atoms with Crippen LogP contribution in [0.1, 0.15) is 42.6 Å². The lowest BCUT2D eigenvalue weighted by molar-refractivity contribution is -0.146. The Morgan fingerprint density at radius 3 is 1.90 bits per heavy atom. The van der Waals surface area contributed by atoms with Gasteiger partial charge in [0.15, 0.2) is 23.5 Å². The molecule has 1 fully saturated rings. The fraction of sp³-hybridized carbons (Fsp3) is 0.190. The first-order valence-corrected chi connectivity index (χ1v) is 16.6. The fourth-order valence-electron chi connectivity index (χ4n) is 6.77. The number of aryl methyl sites for hydroxylation is 3. The Hall–Kier alpha value is -5.50. The second kappa shape index (κ2) is 12.2. The van der Waals surface area contributed by atoms with Crippen molar-refractivity contribution < 1.29 is 14.2 Å². The van der Waals surface area contributed by atoms with Crippen molar-refractivity contribution in [3.8, 4) is 22.8 Å². The van der Waals surface area contributed by atoms with Crippen LogP contribution in [0.15, 0.2) is 127 Å². The molecule has 7 nitrogen and oxygen atoms in total. The zero-order valence-electron chi connectivity index (χ0n) is 28.3. The van der Waals surface area contributed by atoms with Gasteiger partial charge in [-0.15, -0.1) is 0 Å². The molecule has 1 saturated heterocycles. The molecule has 0 saturated carbocycles. The van der Waals surface area contributed by atoms with E-state index in [1.165, 1.54) is 0 Å². The van der Waals surface area contributed by atoms with E-state index in [9.17, 15) is 0 Å². The van der Waals surface area contributed by atoms with Gasteiger partial charge in [-0.05, 0) is 88.7 Å². The van der Waals surface area contributed by atoms with Crippen LogP contribution in [0.2, 0.25) is 0 Å². The Labute approximate surface area is 287 Å². The van der Waals surface area contributed by atoms with E-state index in [2.05, 4.69) is 107 Å². The molecule has 49 heavy (non-hydrogen) atoms. The summed E-state index contributed by atoms with van der Waals surface area (Å²) in [5, 5.41) is 0. The highest BCUT2D eigenvalue weighted by molar-refractivity contribution is 5.84. The van der Waals surface area contributed by atoms with E-state index in [-0.39, 0.29) is 6.10 Å². The lowest BCUT2D eigenvalue weighted by Crippen LogP contribution is -2.37. The van der Waals surface area contributed by atoms with E-state index in [0.29, 0.717) is 0 Å². The highest BCUT2D eigenvalue weighted by atomic mass is 16.8. The summed E-state index contributed by atoms with van der Waals surface area (Å²) in [6.07, 6.45) is -0.863. The standard InChI is InChI=1S/C42H38N4O3/c1-27-28(2)44-39(29(3)43-27)30-20-22-31(23-21-30)40-41(49-42(4,5)48-40)46-35-18-12-13-19-37(35)47-38-26-34(24-25-36(38)46)45(32-14-8-6-9-15-32)33-16-10-7-11-17-33/h6-26,40-41H,1-5H3/t40-,41+/m1/s1. The summed E-state index contributed by atoms with van der Waals surface area (Å²) in [6.45, 7) is 9.93. The van der Waals surface area contributed by atoms with Gasteiger partial charge in [0.05, 0.1) is 34.2 Å². The SMILES string of the molecule is Cc1nc(C)c(-c2ccc([C@H]3OC(C)(C)O[C@@H]3N3c4ccccc4Oc4cc(N(c5ccccc5)c5ccccc5)ccc43)cc2)nc1C. The van der Waals surface area contributed by atoms with Crippen molar-refractivity contribution in [1.82, 2.24) is 9.97 Å². The predicted octanol–water partition coefficient (Wildman–Crippen LogP) is 10.6. The fourth-order valence-corrected chi connectivity index (χ4v) is 6.77. The molecule has 1 aromatic heterocycles. The molecule has 2 atom stereocenters. The lowest BCUT2D eigenvalue weighted by Gasteiger charge is -2.38. The molecular formula is C42H38N4O3. The number of hydrogen-bond acceptors (Lipinski definition) is 7. The summed E-state index contributed by atoms with van der Waals surface area (Å²) >= 11 is 0. The molecule has 6 aromatic rings. The Morgan fingerprint density at radius 2 is 1.20 bits per heavy atom. The maximum absolute atomic E-state index is 6.76. The maximum Gasteiger partial charge on any atom is 0.168 e. The van der Waals surface area contributed by atoms with Crippen molar-refractivity contribution in [2.75, 3.05) is 9.80 Å². The van der Waals surface area contributed by atoms with Gasteiger partial charge in [-0.2, -0.15) is 0 Å². The number of benzene rings is 5. The zero-order chi connectivity index (χ0) is 33.7. The van der Waals surface area contributed by atoms with E-state index in [1.807, 2.05) is 65.0 Å². The van der Waals surface area contributed by atoms with Gasteiger partial charge >= 0.3 is 0 Å². The van der Waals surface area contributed by atoms with Gasteiger partial charge in [0.1, 0.15) is 6.10 Å². The number of rotatable bonds is 6. The highest BCUT2D eigenvalue weighted by Crippen LogP contribution is 2.54. The molecule has 0 bridgehead atoms. The Morgan fingerprint density at radius 1 is 0.592 bits per heavy atom. The molecule has 8 rings (SSSR count). The van der Waals surface area contributed by atoms with Crippen molar-refractivity contribution in [1.29, 1.82) is 0 Å². The number of fused-ring (bicyclic) bond motifs is 2. The topological polar surface area (TPSA) is 60.0 Å². The van der Waals surface area contributed by atoms with Gasteiger partial charge in [-0.25, -0.2) is 4.98 Å². The van der Waals surface area contributed by atoms with Gasteiger partial charge in [0, 0.05) is 28.7 Å². The third-order valence-electron chi connectivity index (χ3n) is 9.16. The van der Waals surface area contributed by atoms with Crippen LogP contribution in [0.3, 0.4) is 0 Å². The molecule has 0 radical (unpaired) electrons. The Balaban J connectivity index is 1.20. The Kier molecular flexibility index (Phi) is 7.66. The van der Waals surface area contributed by atoms with Crippen LogP contribution in [-0.4, -0.2) is 22.0 Å². The van der Waals surface area contributed by atoms with Crippen LogP contribution >= 0.6 is 0 Å². The molecule has 0 aliphatic carbocycles. The third-order valence-corrected chi connectivity index (χ3v) is 9.16. The van der Waals surface area contributed by atoms with Crippen LogP contribution in [0.5, 0.6) is 11.5 Å². The Bertz CT molecular complexity index is 2100. The number of hydrogen-bond donors (Lipinski definition) is 0. The number of nitrogens with zero attached hydrogens (tertiary/aromatic N) is 4. The van der Waals surface area contributed by atoms with Crippen LogP contribution in [0, 0.1) is 20.8 Å². The average molecular weight is 647 g/mol. The van der Waals surface area contributed by atoms with Gasteiger partial charge in [0.2, 0.25) is 0 Å². The number of anilines is 5. The highest BCUT2D eigenvalue weighted by Gasteiger charge is 2.47. The van der Waals surface area contributed by atoms with Crippen molar-refractivity contribution in [2.45, 2.75) is 52.7 Å². The first-order chi connectivity index (χ1) is 23.8. The molecular weight excluding hydrogens is 608 g/mol. The van der Waals surface area contributed by atoms with E-state index in [4.69, 9.17) is 24.2 Å². The molecule has 3 heterocycles. The normalized spacial score (nSPS) is 17.6. The van der Waals surface area contributed by atoms with E-state index < -0.39 is 12.0 Å². The summed E-state index contributed by atoms with van der Waals surface area (Å²) in [7, 11) is 0. The molecule has 0 spiro atoms. The van der Waals surface area contributed by atoms with Crippen molar-refractivity contribution >= 4 is 28.4 Å². The molecule has 2 aliphatic rings. The number of aromatic nitrogens is 2. The molecule has 0 unspecified atom stereocenters. The van der Waals surface area contributed by atoms with E-state index >= 15 is 0 Å². The lowest BCUT2D eigenvalue weighted by atomic mass is 10.0. The summed E-state index contributed by atoms with van der Waals surface area (Å²) < 4.78 is 20.1. The first-order valence-electron chi connectivity index (χ1n) is 16.6. The van der Waals surface area contributed by atoms with E-state index in [0.717, 1.165) is 73.8 Å². The molecule has 5 aromatic carbocycles. The maximum atomic E-state index is 6.76. The van der Waals surface area contributed by atoms with Gasteiger partial charge in [-0.1, -0.05) is 72.8 Å². The minimum Gasteiger partial charge on any atom is -0.453 e. The van der Waals surface area contributed by atoms with Crippen molar-refractivity contribution in [3.05, 3.63) is 150 Å². The summed E-state index contributed by atoms with van der Waals surface area (Å²) in [5.74, 6) is 0.665. The van der Waals surface area contributed by atoms with Crippen LogP contribution in [0.4, 0.5) is 28.4 Å². The summed E-state index contributed by atoms with van der Waals surface area (Å²) in [5.41, 5.74) is 10.6. The van der Waals surface area contributed by atoms with Gasteiger partial charge in [0.25, 0.3) is 0 Å². The molecule has 244 valence electrons. The quantitative estimate of drug-likeness (QED) is 0.178. The first kappa shape index (κ1) is 30.8. The largest absolute Gasteiger partial charge is 0.453 e. The smallest absolute Gasteiger partial charge is 0.168 e. The second-order valence-electron chi connectivity index (χ2n) is 13.0. The van der Waals surface area contributed by atoms with Gasteiger partial charge < -0.3 is 24.0 Å². The summed E-state index contributed by atoms with van der Waals surface area (Å²) in [6, 6.07) is 43.6. The molecule has 0 amide bonds. The predicted molar refractivity (Wildman–Crippen MR) is 194 cm³/mol. The second-order valence-corrected chi connectivity index (χ2v) is 13.0. The zero-order valence-corrected chi connectivity index (χ0v) is 28.3. The van der Waals surface area contributed by atoms with Crippen LogP contribution in [-0.2, 0) is 9.47 Å². The van der Waals surface area contributed by atoms with Crippen LogP contribution < -0.4 is 14.5 Å².